The summed E-state index contributed by atoms with van der Waals surface area (Å²) in [6.07, 6.45) is 3.03. The fourth-order valence-corrected chi connectivity index (χ4v) is 4.46. The van der Waals surface area contributed by atoms with Crippen molar-refractivity contribution in [3.63, 3.8) is 0 Å². The third kappa shape index (κ3) is 3.06. The van der Waals surface area contributed by atoms with Crippen LogP contribution in [0.5, 0.6) is 0 Å². The third-order valence-corrected chi connectivity index (χ3v) is 5.64. The van der Waals surface area contributed by atoms with E-state index >= 15 is 0 Å². The zero-order valence-electron chi connectivity index (χ0n) is 16.4. The first-order valence-electron chi connectivity index (χ1n) is 9.76. The largest absolute Gasteiger partial charge is 0.341 e. The number of nitrogens with zero attached hydrogens (tertiary/aromatic N) is 3. The molecule has 0 aliphatic carbocycles. The van der Waals surface area contributed by atoms with Gasteiger partial charge in [-0.3, -0.25) is 4.90 Å². The molecule has 0 saturated heterocycles. The van der Waals surface area contributed by atoms with E-state index < -0.39 is 0 Å². The molecule has 1 atom stereocenters. The van der Waals surface area contributed by atoms with Gasteiger partial charge in [-0.2, -0.15) is 0 Å². The van der Waals surface area contributed by atoms with Gasteiger partial charge in [0.15, 0.2) is 0 Å². The number of nitrogens with one attached hydrogen (secondary N) is 1. The summed E-state index contributed by atoms with van der Waals surface area (Å²) in [5.74, 6) is 0. The monoisotopic (exact) mass is 364 g/mol. The van der Waals surface area contributed by atoms with Gasteiger partial charge in [0.2, 0.25) is 0 Å². The van der Waals surface area contributed by atoms with E-state index in [4.69, 9.17) is 0 Å². The molecule has 27 heavy (non-hydrogen) atoms. The zero-order valence-corrected chi connectivity index (χ0v) is 16.4. The number of hydrogen-bond donors (Lipinski definition) is 1. The lowest BCUT2D eigenvalue weighted by Gasteiger charge is -2.32. The van der Waals surface area contributed by atoms with Crippen LogP contribution < -0.4 is 15.1 Å². The minimum atomic E-state index is -0.0453. The summed E-state index contributed by atoms with van der Waals surface area (Å²) < 4.78 is 0. The van der Waals surface area contributed by atoms with Crippen LogP contribution in [0.1, 0.15) is 30.0 Å². The summed E-state index contributed by atoms with van der Waals surface area (Å²) >= 11 is 0. The van der Waals surface area contributed by atoms with Crippen LogP contribution >= 0.6 is 0 Å². The smallest absolute Gasteiger partial charge is 0.322 e. The molecule has 0 bridgehead atoms. The van der Waals surface area contributed by atoms with Gasteiger partial charge in [-0.1, -0.05) is 30.3 Å². The number of carbonyl (C=O) groups is 1. The molecule has 0 radical (unpaired) electrons. The Labute approximate surface area is 161 Å². The molecule has 1 unspecified atom stereocenters. The third-order valence-electron chi connectivity index (χ3n) is 5.64. The Bertz CT molecular complexity index is 848. The highest BCUT2D eigenvalue weighted by Gasteiger charge is 2.37. The Morgan fingerprint density at radius 2 is 1.93 bits per heavy atom. The number of fused-ring (bicyclic) bond motifs is 2. The van der Waals surface area contributed by atoms with Gasteiger partial charge in [-0.15, -0.1) is 0 Å². The van der Waals surface area contributed by atoms with Crippen molar-refractivity contribution in [2.45, 2.75) is 25.3 Å². The van der Waals surface area contributed by atoms with E-state index in [1.807, 2.05) is 11.0 Å². The van der Waals surface area contributed by atoms with Gasteiger partial charge in [-0.25, -0.2) is 4.79 Å². The van der Waals surface area contributed by atoms with Crippen molar-refractivity contribution in [3.05, 3.63) is 53.6 Å². The Hall–Kier alpha value is -2.53. The highest BCUT2D eigenvalue weighted by atomic mass is 16.2. The van der Waals surface area contributed by atoms with Crippen LogP contribution in [0.25, 0.3) is 0 Å². The predicted molar refractivity (Wildman–Crippen MR) is 111 cm³/mol. The van der Waals surface area contributed by atoms with Gasteiger partial charge in [0, 0.05) is 19.3 Å². The Balaban J connectivity index is 1.87. The van der Waals surface area contributed by atoms with Crippen LogP contribution in [0.3, 0.4) is 0 Å². The zero-order chi connectivity index (χ0) is 19.0. The van der Waals surface area contributed by atoms with E-state index in [1.165, 1.54) is 16.8 Å². The van der Waals surface area contributed by atoms with E-state index in [9.17, 15) is 4.79 Å². The summed E-state index contributed by atoms with van der Waals surface area (Å²) in [7, 11) is 5.91. The van der Waals surface area contributed by atoms with Crippen LogP contribution in [-0.2, 0) is 6.42 Å². The lowest BCUT2D eigenvalue weighted by atomic mass is 9.96. The van der Waals surface area contributed by atoms with Gasteiger partial charge in [0.1, 0.15) is 0 Å². The van der Waals surface area contributed by atoms with E-state index in [2.05, 4.69) is 65.6 Å². The van der Waals surface area contributed by atoms with E-state index in [-0.39, 0.29) is 12.1 Å². The van der Waals surface area contributed by atoms with Crippen LogP contribution in [0.15, 0.2) is 42.5 Å². The molecule has 2 aliphatic rings. The maximum absolute atomic E-state index is 13.0. The average molecular weight is 364 g/mol. The lowest BCUT2D eigenvalue weighted by molar-refractivity contribution is 0.245. The Kier molecular flexibility index (Phi) is 4.79. The van der Waals surface area contributed by atoms with Crippen molar-refractivity contribution < 1.29 is 4.79 Å². The number of rotatable bonds is 4. The second-order valence-corrected chi connectivity index (χ2v) is 7.63. The van der Waals surface area contributed by atoms with Crippen molar-refractivity contribution in [1.82, 2.24) is 10.2 Å². The molecule has 1 N–H and O–H groups in total. The molecule has 2 heterocycles. The fraction of sp³-hybridized carbons (Fsp3) is 0.409. The second-order valence-electron chi connectivity index (χ2n) is 7.63. The lowest BCUT2D eigenvalue weighted by Crippen LogP contribution is -2.41. The van der Waals surface area contributed by atoms with E-state index in [1.54, 1.807) is 7.05 Å². The van der Waals surface area contributed by atoms with E-state index in [0.29, 0.717) is 0 Å². The molecule has 2 aromatic rings. The molecule has 2 aromatic carbocycles. The number of anilines is 3. The molecular formula is C22H28N4O. The van der Waals surface area contributed by atoms with Crippen LogP contribution in [0, 0.1) is 0 Å². The first-order chi connectivity index (χ1) is 13.1. The SMILES string of the molecule is CNC(=O)N1c2ccccc2N2CCc3cccc(c32)C1CCCN(C)C. The van der Waals surface area contributed by atoms with Crippen LogP contribution in [-0.4, -0.2) is 45.2 Å². The molecule has 2 aliphatic heterocycles. The second kappa shape index (κ2) is 7.24. The highest BCUT2D eigenvalue weighted by Crippen LogP contribution is 2.50. The standard InChI is InChI=1S/C22H28N4O/c1-23-22(27)26-18(12-7-14-24(2)3)17-9-6-8-16-13-15-25(21(16)17)19-10-4-5-11-20(19)26/h4-6,8-11,18H,7,12-15H2,1-3H3,(H,23,27). The van der Waals surface area contributed by atoms with Gasteiger partial charge >= 0.3 is 6.03 Å². The molecule has 0 fully saturated rings. The summed E-state index contributed by atoms with van der Waals surface area (Å²) in [5, 5.41) is 2.87. The number of benzene rings is 2. The molecule has 5 nitrogen and oxygen atoms in total. The summed E-state index contributed by atoms with van der Waals surface area (Å²) in [6, 6.07) is 14.9. The Morgan fingerprint density at radius 3 is 2.67 bits per heavy atom. The average Bonchev–Trinajstić information content (AvgIpc) is 3.06. The van der Waals surface area contributed by atoms with Crippen molar-refractivity contribution in [2.75, 3.05) is 44.0 Å². The minimum absolute atomic E-state index is 0.0316. The first-order valence-corrected chi connectivity index (χ1v) is 9.76. The Morgan fingerprint density at radius 1 is 1.15 bits per heavy atom. The summed E-state index contributed by atoms with van der Waals surface area (Å²) in [6.45, 7) is 1.98. The topological polar surface area (TPSA) is 38.8 Å². The molecule has 4 rings (SSSR count). The normalized spacial score (nSPS) is 17.6. The van der Waals surface area contributed by atoms with Crippen molar-refractivity contribution >= 4 is 23.1 Å². The molecule has 0 saturated carbocycles. The van der Waals surface area contributed by atoms with Gasteiger partial charge < -0.3 is 15.1 Å². The summed E-state index contributed by atoms with van der Waals surface area (Å²) in [5.41, 5.74) is 6.09. The van der Waals surface area contributed by atoms with Gasteiger partial charge in [0.25, 0.3) is 0 Å². The van der Waals surface area contributed by atoms with Crippen LogP contribution in [0.2, 0.25) is 0 Å². The molecule has 5 heteroatoms. The molecule has 0 aromatic heterocycles. The molecule has 142 valence electrons. The number of carbonyl (C=O) groups excluding carboxylic acids is 1. The molecule has 2 amide bonds. The predicted octanol–water partition coefficient (Wildman–Crippen LogP) is 3.92. The number of hydrogen-bond acceptors (Lipinski definition) is 3. The number of amides is 2. The summed E-state index contributed by atoms with van der Waals surface area (Å²) in [4.78, 5) is 19.6. The minimum Gasteiger partial charge on any atom is -0.341 e. The van der Waals surface area contributed by atoms with Gasteiger partial charge in [0.05, 0.1) is 17.4 Å². The maximum Gasteiger partial charge on any atom is 0.322 e. The molecule has 0 spiro atoms. The first kappa shape index (κ1) is 17.9. The highest BCUT2D eigenvalue weighted by molar-refractivity contribution is 5.99. The van der Waals surface area contributed by atoms with Crippen molar-refractivity contribution in [2.24, 2.45) is 0 Å². The van der Waals surface area contributed by atoms with E-state index in [0.717, 1.165) is 43.7 Å². The van der Waals surface area contributed by atoms with Crippen LogP contribution in [0.4, 0.5) is 21.9 Å². The maximum atomic E-state index is 13.0. The van der Waals surface area contributed by atoms with Crippen molar-refractivity contribution in [3.8, 4) is 0 Å². The number of para-hydroxylation sites is 3. The van der Waals surface area contributed by atoms with Gasteiger partial charge in [-0.05, 0) is 63.2 Å². The fourth-order valence-electron chi connectivity index (χ4n) is 4.46. The quantitative estimate of drug-likeness (QED) is 0.894. The molecular weight excluding hydrogens is 336 g/mol. The van der Waals surface area contributed by atoms with Crippen molar-refractivity contribution in [1.29, 1.82) is 0 Å². The number of urea groups is 1.